The van der Waals surface area contributed by atoms with Crippen molar-refractivity contribution in [2.24, 2.45) is 0 Å². The maximum absolute atomic E-state index is 13.1. The Hall–Kier alpha value is -1.64. The topological polar surface area (TPSA) is 8.81 Å². The molecule has 0 unspecified atom stereocenters. The average Bonchev–Trinajstić information content (AvgIpc) is 3.09. The molecule has 0 radical (unpaired) electrons. The lowest BCUT2D eigenvalue weighted by atomic mass is 10.0. The van der Waals surface area contributed by atoms with Crippen LogP contribution in [0.15, 0.2) is 36.7 Å². The summed E-state index contributed by atoms with van der Waals surface area (Å²) in [5, 5.41) is 0. The summed E-state index contributed by atoms with van der Waals surface area (Å²) >= 11 is 0. The summed E-state index contributed by atoms with van der Waals surface area (Å²) in [6.07, 6.45) is 23.9. The number of benzene rings is 1. The van der Waals surface area contributed by atoms with Gasteiger partial charge in [-0.05, 0) is 30.5 Å². The number of nitrogens with zero attached hydrogens (tertiary/aromatic N) is 2. The van der Waals surface area contributed by atoms with Crippen LogP contribution < -0.4 is 4.57 Å². The van der Waals surface area contributed by atoms with Gasteiger partial charge < -0.3 is 0 Å². The van der Waals surface area contributed by atoms with E-state index in [2.05, 4.69) is 35.4 Å². The van der Waals surface area contributed by atoms with Crippen LogP contribution in [-0.4, -0.2) is 4.57 Å². The molecule has 1 aromatic heterocycles. The van der Waals surface area contributed by atoms with Crippen LogP contribution in [0.3, 0.4) is 0 Å². The summed E-state index contributed by atoms with van der Waals surface area (Å²) in [6, 6.07) is 6.81. The molecule has 0 saturated carbocycles. The van der Waals surface area contributed by atoms with E-state index in [1.54, 1.807) is 0 Å². The van der Waals surface area contributed by atoms with E-state index in [1.165, 1.54) is 108 Å². The van der Waals surface area contributed by atoms with Crippen molar-refractivity contribution in [3.05, 3.63) is 53.9 Å². The number of hydrogen-bond donors (Lipinski definition) is 0. The van der Waals surface area contributed by atoms with E-state index in [1.807, 2.05) is 12.1 Å². The molecule has 3 heteroatoms. The maximum Gasteiger partial charge on any atom is 0.253 e. The number of aromatic nitrogens is 2. The van der Waals surface area contributed by atoms with Crippen LogP contribution in [0.5, 0.6) is 0 Å². The van der Waals surface area contributed by atoms with Gasteiger partial charge in [-0.25, -0.2) is 13.5 Å². The Bertz CT molecular complexity index is 675. The largest absolute Gasteiger partial charge is 0.253 e. The van der Waals surface area contributed by atoms with Crippen molar-refractivity contribution in [2.75, 3.05) is 0 Å². The summed E-state index contributed by atoms with van der Waals surface area (Å²) in [5.74, 6) is 1.10. The van der Waals surface area contributed by atoms with Gasteiger partial charge in [0.05, 0.1) is 6.54 Å². The summed E-state index contributed by atoms with van der Waals surface area (Å²) in [6.45, 7) is 6.36. The molecule has 0 atom stereocenters. The fraction of sp³-hybridized carbons (Fsp3) is 0.667. The lowest BCUT2D eigenvalue weighted by molar-refractivity contribution is -0.694. The Labute approximate surface area is 184 Å². The van der Waals surface area contributed by atoms with Crippen molar-refractivity contribution in [2.45, 2.75) is 117 Å². The van der Waals surface area contributed by atoms with Gasteiger partial charge in [0.15, 0.2) is 0 Å². The molecular formula is C27H44FN2+. The number of halogens is 1. The molecule has 0 aliphatic heterocycles. The van der Waals surface area contributed by atoms with Crippen LogP contribution in [0, 0.1) is 12.7 Å². The summed E-state index contributed by atoms with van der Waals surface area (Å²) in [4.78, 5) is 0. The number of aryl methyl sites for hydroxylation is 1. The minimum Gasteiger partial charge on any atom is -0.234 e. The van der Waals surface area contributed by atoms with Crippen molar-refractivity contribution in [1.29, 1.82) is 0 Å². The molecular weight excluding hydrogens is 371 g/mol. The van der Waals surface area contributed by atoms with Crippen molar-refractivity contribution in [1.82, 2.24) is 4.57 Å². The van der Waals surface area contributed by atoms with Crippen LogP contribution in [-0.2, 0) is 13.1 Å². The second kappa shape index (κ2) is 15.2. The molecule has 0 N–H and O–H groups in total. The zero-order valence-corrected chi connectivity index (χ0v) is 19.6. The second-order valence-corrected chi connectivity index (χ2v) is 8.89. The molecule has 30 heavy (non-hydrogen) atoms. The molecule has 0 fully saturated rings. The van der Waals surface area contributed by atoms with Gasteiger partial charge in [-0.1, -0.05) is 96.1 Å². The van der Waals surface area contributed by atoms with E-state index in [0.29, 0.717) is 0 Å². The molecule has 2 aromatic rings. The maximum atomic E-state index is 13.1. The summed E-state index contributed by atoms with van der Waals surface area (Å²) in [5.41, 5.74) is 1.14. The van der Waals surface area contributed by atoms with E-state index in [-0.39, 0.29) is 5.82 Å². The third-order valence-corrected chi connectivity index (χ3v) is 6.28. The molecule has 1 heterocycles. The molecule has 2 nitrogen and oxygen atoms in total. The van der Waals surface area contributed by atoms with E-state index in [9.17, 15) is 4.39 Å². The Morgan fingerprint density at radius 2 is 1.23 bits per heavy atom. The van der Waals surface area contributed by atoms with E-state index in [0.717, 1.165) is 18.7 Å². The predicted molar refractivity (Wildman–Crippen MR) is 125 cm³/mol. The van der Waals surface area contributed by atoms with Crippen LogP contribution in [0.2, 0.25) is 0 Å². The third-order valence-electron chi connectivity index (χ3n) is 6.28. The van der Waals surface area contributed by atoms with E-state index < -0.39 is 0 Å². The van der Waals surface area contributed by atoms with Crippen LogP contribution in [0.25, 0.3) is 0 Å². The van der Waals surface area contributed by atoms with E-state index in [4.69, 9.17) is 0 Å². The highest BCUT2D eigenvalue weighted by atomic mass is 19.1. The highest BCUT2D eigenvalue weighted by molar-refractivity contribution is 5.14. The quantitative estimate of drug-likeness (QED) is 0.184. The van der Waals surface area contributed by atoms with Gasteiger partial charge in [0, 0.05) is 6.92 Å². The molecule has 0 aliphatic carbocycles. The number of rotatable bonds is 17. The first kappa shape index (κ1) is 24.6. The molecule has 1 aromatic carbocycles. The van der Waals surface area contributed by atoms with Gasteiger partial charge >= 0.3 is 0 Å². The fourth-order valence-electron chi connectivity index (χ4n) is 4.21. The zero-order chi connectivity index (χ0) is 21.4. The monoisotopic (exact) mass is 415 g/mol. The molecule has 0 saturated heterocycles. The van der Waals surface area contributed by atoms with Gasteiger partial charge in [0.25, 0.3) is 5.82 Å². The van der Waals surface area contributed by atoms with Gasteiger partial charge in [-0.15, -0.1) is 0 Å². The van der Waals surface area contributed by atoms with Crippen LogP contribution in [0.4, 0.5) is 4.39 Å². The van der Waals surface area contributed by atoms with Crippen molar-refractivity contribution in [3.63, 3.8) is 0 Å². The van der Waals surface area contributed by atoms with Crippen molar-refractivity contribution < 1.29 is 8.96 Å². The number of unbranched alkanes of at least 4 members (excludes halogenated alkanes) is 13. The number of imidazole rings is 1. The Balaban J connectivity index is 1.47. The fourth-order valence-corrected chi connectivity index (χ4v) is 4.21. The van der Waals surface area contributed by atoms with Gasteiger partial charge in [-0.2, -0.15) is 0 Å². The normalized spacial score (nSPS) is 11.3. The third kappa shape index (κ3) is 9.91. The summed E-state index contributed by atoms with van der Waals surface area (Å²) in [7, 11) is 0. The highest BCUT2D eigenvalue weighted by Gasteiger charge is 2.12. The molecule has 0 spiro atoms. The average molecular weight is 416 g/mol. The first-order valence-corrected chi connectivity index (χ1v) is 12.5. The smallest absolute Gasteiger partial charge is 0.234 e. The second-order valence-electron chi connectivity index (χ2n) is 8.89. The molecule has 0 amide bonds. The Morgan fingerprint density at radius 3 is 1.77 bits per heavy atom. The zero-order valence-electron chi connectivity index (χ0n) is 19.6. The molecule has 0 bridgehead atoms. The highest BCUT2D eigenvalue weighted by Crippen LogP contribution is 2.13. The minimum atomic E-state index is -0.171. The Kier molecular flexibility index (Phi) is 12.5. The van der Waals surface area contributed by atoms with Gasteiger partial charge in [0.1, 0.15) is 24.8 Å². The SMILES string of the molecule is CCCCCCCCCCCCCCCCn1cc[n+](Cc2ccc(F)cc2)c1C. The van der Waals surface area contributed by atoms with Crippen molar-refractivity contribution in [3.8, 4) is 0 Å². The van der Waals surface area contributed by atoms with Crippen LogP contribution in [0.1, 0.15) is 108 Å². The predicted octanol–water partition coefficient (Wildman–Crippen LogP) is 7.75. The van der Waals surface area contributed by atoms with E-state index >= 15 is 0 Å². The number of hydrogen-bond acceptors (Lipinski definition) is 0. The van der Waals surface area contributed by atoms with Gasteiger partial charge in [0.2, 0.25) is 0 Å². The Morgan fingerprint density at radius 1 is 0.733 bits per heavy atom. The van der Waals surface area contributed by atoms with Gasteiger partial charge in [-0.3, -0.25) is 0 Å². The minimum absolute atomic E-state index is 0.171. The lowest BCUT2D eigenvalue weighted by Gasteiger charge is -2.04. The van der Waals surface area contributed by atoms with Crippen LogP contribution >= 0.6 is 0 Å². The summed E-state index contributed by atoms with van der Waals surface area (Å²) < 4.78 is 17.7. The molecule has 168 valence electrons. The first-order chi connectivity index (χ1) is 14.7. The van der Waals surface area contributed by atoms with Crippen molar-refractivity contribution >= 4 is 0 Å². The molecule has 2 rings (SSSR count). The lowest BCUT2D eigenvalue weighted by Crippen LogP contribution is -2.36. The molecule has 0 aliphatic rings. The first-order valence-electron chi connectivity index (χ1n) is 12.5. The standard InChI is InChI=1S/C27H44FN2/c1-3-4-5-6-7-8-9-10-11-12-13-14-15-16-21-29-22-23-30(25(29)2)24-26-17-19-27(28)20-18-26/h17-20,22-23H,3-16,21,24H2,1-2H3/q+1.